The highest BCUT2D eigenvalue weighted by molar-refractivity contribution is 8.00. The molecule has 3 rings (SSSR count). The first kappa shape index (κ1) is 19.1. The largest absolute Gasteiger partial charge is 0.416 e. The Morgan fingerprint density at radius 1 is 1.31 bits per heavy atom. The zero-order valence-corrected chi connectivity index (χ0v) is 16.5. The van der Waals surface area contributed by atoms with Crippen LogP contribution in [-0.2, 0) is 22.7 Å². The molecule has 140 valence electrons. The maximum atomic E-state index is 12.5. The molecule has 0 aliphatic carbocycles. The zero-order chi connectivity index (χ0) is 18.7. The summed E-state index contributed by atoms with van der Waals surface area (Å²) in [6, 6.07) is 7.62. The summed E-state index contributed by atoms with van der Waals surface area (Å²) in [4.78, 5) is 12.5. The van der Waals surface area contributed by atoms with Crippen molar-refractivity contribution in [3.8, 4) is 0 Å². The SMILES string of the molecule is CCc1ccc(C(=O)[C@H](C)Sc2nnc(C[C@H]3CCS(=O)(=O)C3)o2)cc1. The van der Waals surface area contributed by atoms with Crippen molar-refractivity contribution in [2.24, 2.45) is 5.92 Å². The van der Waals surface area contributed by atoms with E-state index in [2.05, 4.69) is 17.1 Å². The number of benzene rings is 1. The summed E-state index contributed by atoms with van der Waals surface area (Å²) in [5, 5.41) is 7.97. The van der Waals surface area contributed by atoms with Crippen LogP contribution in [0.5, 0.6) is 0 Å². The molecule has 0 saturated carbocycles. The average Bonchev–Trinajstić information content (AvgIpc) is 3.20. The molecule has 0 spiro atoms. The lowest BCUT2D eigenvalue weighted by molar-refractivity contribution is 0.0993. The molecule has 0 N–H and O–H groups in total. The van der Waals surface area contributed by atoms with Crippen molar-refractivity contribution in [3.63, 3.8) is 0 Å². The van der Waals surface area contributed by atoms with Crippen LogP contribution < -0.4 is 0 Å². The van der Waals surface area contributed by atoms with Crippen LogP contribution in [0.25, 0.3) is 0 Å². The van der Waals surface area contributed by atoms with Crippen molar-refractivity contribution in [2.45, 2.75) is 43.6 Å². The van der Waals surface area contributed by atoms with E-state index in [-0.39, 0.29) is 28.5 Å². The van der Waals surface area contributed by atoms with Gasteiger partial charge in [0.25, 0.3) is 5.22 Å². The fourth-order valence-corrected chi connectivity index (χ4v) is 5.63. The van der Waals surface area contributed by atoms with E-state index in [4.69, 9.17) is 4.42 Å². The van der Waals surface area contributed by atoms with Gasteiger partial charge in [0.1, 0.15) is 0 Å². The number of Topliss-reactive ketones (excluding diaryl/α,β-unsaturated/α-hetero) is 1. The van der Waals surface area contributed by atoms with E-state index in [0.717, 1.165) is 6.42 Å². The lowest BCUT2D eigenvalue weighted by Crippen LogP contribution is -2.13. The maximum Gasteiger partial charge on any atom is 0.277 e. The molecule has 0 bridgehead atoms. The molecule has 1 aliphatic rings. The number of carbonyl (C=O) groups is 1. The van der Waals surface area contributed by atoms with E-state index in [1.54, 1.807) is 0 Å². The normalized spacial score (nSPS) is 20.2. The van der Waals surface area contributed by atoms with Crippen molar-refractivity contribution >= 4 is 27.4 Å². The van der Waals surface area contributed by atoms with Crippen LogP contribution >= 0.6 is 11.8 Å². The second-order valence-corrected chi connectivity index (χ2v) is 10.1. The van der Waals surface area contributed by atoms with Crippen molar-refractivity contribution < 1.29 is 17.6 Å². The van der Waals surface area contributed by atoms with Gasteiger partial charge in [-0.3, -0.25) is 4.79 Å². The smallest absolute Gasteiger partial charge is 0.277 e. The minimum Gasteiger partial charge on any atom is -0.416 e. The van der Waals surface area contributed by atoms with Crippen LogP contribution in [0.1, 0.15) is 42.1 Å². The number of aromatic nitrogens is 2. The summed E-state index contributed by atoms with van der Waals surface area (Å²) >= 11 is 1.23. The molecule has 8 heteroatoms. The van der Waals surface area contributed by atoms with Crippen molar-refractivity contribution in [1.29, 1.82) is 0 Å². The number of hydrogen-bond donors (Lipinski definition) is 0. The minimum absolute atomic E-state index is 0.0132. The number of thioether (sulfide) groups is 1. The number of ketones is 1. The third kappa shape index (κ3) is 4.73. The number of nitrogens with zero attached hydrogens (tertiary/aromatic N) is 2. The predicted molar refractivity (Wildman–Crippen MR) is 100 cm³/mol. The summed E-state index contributed by atoms with van der Waals surface area (Å²) in [6.07, 6.45) is 2.04. The zero-order valence-electron chi connectivity index (χ0n) is 14.8. The Hall–Kier alpha value is -1.67. The second kappa shape index (κ2) is 7.92. The molecule has 0 unspecified atom stereocenters. The Balaban J connectivity index is 1.58. The van der Waals surface area contributed by atoms with Crippen LogP contribution in [0.4, 0.5) is 0 Å². The van der Waals surface area contributed by atoms with Crippen LogP contribution in [0.15, 0.2) is 33.9 Å². The van der Waals surface area contributed by atoms with Gasteiger partial charge >= 0.3 is 0 Å². The van der Waals surface area contributed by atoms with Crippen LogP contribution in [-0.4, -0.2) is 41.2 Å². The number of hydrogen-bond acceptors (Lipinski definition) is 7. The van der Waals surface area contributed by atoms with Gasteiger partial charge in [-0.2, -0.15) is 0 Å². The fourth-order valence-electron chi connectivity index (χ4n) is 2.99. The molecule has 0 radical (unpaired) electrons. The van der Waals surface area contributed by atoms with E-state index >= 15 is 0 Å². The Kier molecular flexibility index (Phi) is 5.82. The standard InChI is InChI=1S/C18H22N2O4S2/c1-3-13-4-6-15(7-5-13)17(21)12(2)25-18-20-19-16(24-18)10-14-8-9-26(22,23)11-14/h4-7,12,14H,3,8-11H2,1-2H3/t12-,14+/m0/s1. The van der Waals surface area contributed by atoms with Gasteiger partial charge < -0.3 is 4.42 Å². The fraction of sp³-hybridized carbons (Fsp3) is 0.500. The summed E-state index contributed by atoms with van der Waals surface area (Å²) in [5.74, 6) is 0.895. The molecule has 0 amide bonds. The van der Waals surface area contributed by atoms with Crippen molar-refractivity contribution in [1.82, 2.24) is 10.2 Å². The van der Waals surface area contributed by atoms with Crippen molar-refractivity contribution in [2.75, 3.05) is 11.5 Å². The first-order valence-corrected chi connectivity index (χ1v) is 11.4. The molecule has 26 heavy (non-hydrogen) atoms. The quantitative estimate of drug-likeness (QED) is 0.527. The van der Waals surface area contributed by atoms with Gasteiger partial charge in [-0.05, 0) is 31.2 Å². The van der Waals surface area contributed by atoms with Gasteiger partial charge in [-0.25, -0.2) is 8.42 Å². The molecular formula is C18H22N2O4S2. The van der Waals surface area contributed by atoms with Gasteiger partial charge in [-0.15, -0.1) is 10.2 Å². The maximum absolute atomic E-state index is 12.5. The highest BCUT2D eigenvalue weighted by Crippen LogP contribution is 2.27. The van der Waals surface area contributed by atoms with Crippen LogP contribution in [0.2, 0.25) is 0 Å². The number of aryl methyl sites for hydroxylation is 1. The van der Waals surface area contributed by atoms with E-state index in [0.29, 0.717) is 29.5 Å². The summed E-state index contributed by atoms with van der Waals surface area (Å²) in [6.45, 7) is 3.89. The van der Waals surface area contributed by atoms with Crippen molar-refractivity contribution in [3.05, 3.63) is 41.3 Å². The number of carbonyl (C=O) groups excluding carboxylic acids is 1. The van der Waals surface area contributed by atoms with E-state index in [9.17, 15) is 13.2 Å². The Morgan fingerprint density at radius 3 is 2.65 bits per heavy atom. The van der Waals surface area contributed by atoms with E-state index < -0.39 is 9.84 Å². The topological polar surface area (TPSA) is 90.1 Å². The molecular weight excluding hydrogens is 372 g/mol. The molecule has 2 aromatic rings. The molecule has 1 saturated heterocycles. The highest BCUT2D eigenvalue weighted by Gasteiger charge is 2.29. The third-order valence-corrected chi connectivity index (χ3v) is 7.30. The van der Waals surface area contributed by atoms with Gasteiger partial charge in [0.05, 0.1) is 16.8 Å². The average molecular weight is 395 g/mol. The van der Waals surface area contributed by atoms with E-state index in [1.807, 2.05) is 31.2 Å². The molecule has 2 atom stereocenters. The molecule has 1 aromatic carbocycles. The minimum atomic E-state index is -2.91. The molecule has 6 nitrogen and oxygen atoms in total. The molecule has 2 heterocycles. The van der Waals surface area contributed by atoms with Crippen LogP contribution in [0.3, 0.4) is 0 Å². The summed E-state index contributed by atoms with van der Waals surface area (Å²) in [7, 11) is -2.91. The first-order valence-electron chi connectivity index (χ1n) is 8.69. The Bertz CT molecular complexity index is 875. The summed E-state index contributed by atoms with van der Waals surface area (Å²) in [5.41, 5.74) is 1.86. The first-order chi connectivity index (χ1) is 12.4. The van der Waals surface area contributed by atoms with Gasteiger partial charge in [0.2, 0.25) is 5.89 Å². The second-order valence-electron chi connectivity index (χ2n) is 6.61. The van der Waals surface area contributed by atoms with E-state index in [1.165, 1.54) is 17.3 Å². The Labute approximate surface area is 157 Å². The number of sulfone groups is 1. The molecule has 1 aliphatic heterocycles. The Morgan fingerprint density at radius 2 is 2.04 bits per heavy atom. The van der Waals surface area contributed by atoms with Gasteiger partial charge in [0.15, 0.2) is 15.6 Å². The van der Waals surface area contributed by atoms with Gasteiger partial charge in [0, 0.05) is 12.0 Å². The lowest BCUT2D eigenvalue weighted by Gasteiger charge is -2.08. The third-order valence-electron chi connectivity index (χ3n) is 4.53. The molecule has 1 fully saturated rings. The summed E-state index contributed by atoms with van der Waals surface area (Å²) < 4.78 is 28.6. The lowest BCUT2D eigenvalue weighted by atomic mass is 10.1. The van der Waals surface area contributed by atoms with Gasteiger partial charge in [-0.1, -0.05) is 43.0 Å². The molecule has 1 aromatic heterocycles. The highest BCUT2D eigenvalue weighted by atomic mass is 32.2. The van der Waals surface area contributed by atoms with Crippen LogP contribution in [0, 0.1) is 5.92 Å². The monoisotopic (exact) mass is 394 g/mol. The predicted octanol–water partition coefficient (Wildman–Crippen LogP) is 2.97. The number of rotatable bonds is 7.